The fraction of sp³-hybridized carbons (Fsp3) is 0.611. The highest BCUT2D eigenvalue weighted by molar-refractivity contribution is 5.74. The average Bonchev–Trinajstić information content (AvgIpc) is 2.59. The van der Waals surface area contributed by atoms with Crippen LogP contribution in [0.3, 0.4) is 0 Å². The molecule has 140 valence electrons. The van der Waals surface area contributed by atoms with Crippen LogP contribution in [0.1, 0.15) is 20.8 Å². The summed E-state index contributed by atoms with van der Waals surface area (Å²) in [5, 5.41) is 0. The Hall–Kier alpha value is -1.70. The van der Waals surface area contributed by atoms with E-state index in [1.807, 2.05) is 13.8 Å². The lowest BCUT2D eigenvalue weighted by Gasteiger charge is -2.31. The second kappa shape index (κ2) is 9.12. The first kappa shape index (κ1) is 19.6. The third-order valence-electron chi connectivity index (χ3n) is 3.79. The number of cyclic esters (lactones) is 1. The van der Waals surface area contributed by atoms with Gasteiger partial charge in [0, 0.05) is 6.61 Å². The quantitative estimate of drug-likeness (QED) is 0.802. The summed E-state index contributed by atoms with van der Waals surface area (Å²) < 4.78 is 36.1. The predicted octanol–water partition coefficient (Wildman–Crippen LogP) is 1.19. The van der Waals surface area contributed by atoms with E-state index in [4.69, 9.17) is 18.9 Å². The highest BCUT2D eigenvalue weighted by atomic mass is 19.1. The van der Waals surface area contributed by atoms with Crippen molar-refractivity contribution in [1.29, 1.82) is 0 Å². The van der Waals surface area contributed by atoms with Gasteiger partial charge in [0.25, 0.3) is 0 Å². The lowest BCUT2D eigenvalue weighted by molar-refractivity contribution is -0.415. The smallest absolute Gasteiger partial charge is 0.367 e. The van der Waals surface area contributed by atoms with Gasteiger partial charge < -0.3 is 24.7 Å². The molecule has 6 nitrogen and oxygen atoms in total. The molecular formula is C18H27FNO5+. The summed E-state index contributed by atoms with van der Waals surface area (Å²) in [5.41, 5.74) is 3.75. The van der Waals surface area contributed by atoms with Crippen molar-refractivity contribution in [1.82, 2.24) is 0 Å². The number of quaternary nitrogens is 1. The maximum absolute atomic E-state index is 13.1. The van der Waals surface area contributed by atoms with E-state index in [1.54, 1.807) is 19.1 Å². The Labute approximate surface area is 147 Å². The summed E-state index contributed by atoms with van der Waals surface area (Å²) in [6.45, 7) is 6.68. The first-order valence-corrected chi connectivity index (χ1v) is 8.52. The summed E-state index contributed by atoms with van der Waals surface area (Å²) in [7, 11) is 0. The molecule has 1 saturated heterocycles. The number of rotatable bonds is 5. The molecule has 1 heterocycles. The van der Waals surface area contributed by atoms with Gasteiger partial charge in [-0.3, -0.25) is 0 Å². The molecule has 0 bridgehead atoms. The molecule has 0 unspecified atom stereocenters. The molecule has 0 aliphatic carbocycles. The highest BCUT2D eigenvalue weighted by Crippen LogP contribution is 2.20. The van der Waals surface area contributed by atoms with Crippen molar-refractivity contribution in [2.45, 2.75) is 45.1 Å². The normalized spacial score (nSPS) is 28.0. The Morgan fingerprint density at radius 1 is 1.28 bits per heavy atom. The molecule has 4 atom stereocenters. The van der Waals surface area contributed by atoms with Gasteiger partial charge in [-0.1, -0.05) is 13.8 Å². The maximum atomic E-state index is 13.1. The second-order valence-electron chi connectivity index (χ2n) is 6.68. The van der Waals surface area contributed by atoms with E-state index in [0.717, 1.165) is 0 Å². The Balaban J connectivity index is 2.18. The minimum Gasteiger partial charge on any atom is -0.485 e. The molecule has 0 radical (unpaired) electrons. The van der Waals surface area contributed by atoms with Crippen LogP contribution < -0.4 is 10.5 Å². The van der Waals surface area contributed by atoms with Crippen molar-refractivity contribution >= 4 is 5.97 Å². The van der Waals surface area contributed by atoms with Gasteiger partial charge in [0.05, 0.1) is 6.61 Å². The molecule has 1 aromatic carbocycles. The van der Waals surface area contributed by atoms with Crippen molar-refractivity contribution in [2.75, 3.05) is 19.8 Å². The van der Waals surface area contributed by atoms with Crippen LogP contribution in [0.4, 0.5) is 4.39 Å². The summed E-state index contributed by atoms with van der Waals surface area (Å²) in [6.07, 6.45) is -1.54. The zero-order chi connectivity index (χ0) is 18.4. The fourth-order valence-corrected chi connectivity index (χ4v) is 2.47. The highest BCUT2D eigenvalue weighted by Gasteiger charge is 2.36. The number of carbonyl (C=O) groups excluding carboxylic acids is 1. The van der Waals surface area contributed by atoms with Gasteiger partial charge in [0.1, 0.15) is 30.4 Å². The van der Waals surface area contributed by atoms with Gasteiger partial charge in [-0.2, -0.15) is 0 Å². The van der Waals surface area contributed by atoms with Crippen LogP contribution in [-0.4, -0.2) is 50.1 Å². The molecule has 0 amide bonds. The second-order valence-corrected chi connectivity index (χ2v) is 6.68. The van der Waals surface area contributed by atoms with Crippen LogP contribution in [0.2, 0.25) is 0 Å². The predicted molar refractivity (Wildman–Crippen MR) is 88.4 cm³/mol. The molecule has 25 heavy (non-hydrogen) atoms. The van der Waals surface area contributed by atoms with Crippen molar-refractivity contribution < 1.29 is 33.9 Å². The number of carbonyl (C=O) groups is 1. The number of ether oxygens (including phenoxy) is 4. The number of halogens is 1. The average molecular weight is 356 g/mol. The standard InChI is InChI=1S/C18H26FNO5/c1-11(2)8-23-17-12(3)24-18(21)15(20)9-22-10-16(17)25-14-6-4-13(19)5-7-14/h4-7,11-12,15-17H,8-10,20H2,1-3H3/p+1/t12-,15-,16-,17-/m0/s1. The van der Waals surface area contributed by atoms with Crippen molar-refractivity contribution in [3.05, 3.63) is 30.1 Å². The van der Waals surface area contributed by atoms with Gasteiger partial charge in [-0.15, -0.1) is 0 Å². The van der Waals surface area contributed by atoms with E-state index < -0.39 is 30.3 Å². The Morgan fingerprint density at radius 3 is 2.60 bits per heavy atom. The lowest BCUT2D eigenvalue weighted by Crippen LogP contribution is -2.67. The minimum absolute atomic E-state index is 0.145. The van der Waals surface area contributed by atoms with Crippen molar-refractivity contribution in [2.24, 2.45) is 5.92 Å². The summed E-state index contributed by atoms with van der Waals surface area (Å²) in [5.74, 6) is 0.0431. The molecular weight excluding hydrogens is 329 g/mol. The third-order valence-corrected chi connectivity index (χ3v) is 3.79. The molecule has 0 aromatic heterocycles. The van der Waals surface area contributed by atoms with Gasteiger partial charge in [-0.25, -0.2) is 9.18 Å². The van der Waals surface area contributed by atoms with E-state index in [1.165, 1.54) is 12.1 Å². The van der Waals surface area contributed by atoms with Crippen LogP contribution in [0.5, 0.6) is 5.75 Å². The Morgan fingerprint density at radius 2 is 1.96 bits per heavy atom. The molecule has 1 aromatic rings. The molecule has 3 N–H and O–H groups in total. The van der Waals surface area contributed by atoms with Crippen molar-refractivity contribution in [3.63, 3.8) is 0 Å². The van der Waals surface area contributed by atoms with Gasteiger partial charge in [-0.05, 0) is 37.1 Å². The molecule has 7 heteroatoms. The van der Waals surface area contributed by atoms with E-state index in [0.29, 0.717) is 18.3 Å². The first-order valence-electron chi connectivity index (χ1n) is 8.52. The molecule has 2 rings (SSSR count). The zero-order valence-corrected chi connectivity index (χ0v) is 14.9. The number of hydrogen-bond acceptors (Lipinski definition) is 5. The van der Waals surface area contributed by atoms with Gasteiger partial charge >= 0.3 is 5.97 Å². The summed E-state index contributed by atoms with van der Waals surface area (Å²) in [6, 6.07) is 5.14. The molecule has 1 aliphatic rings. The molecule has 1 aliphatic heterocycles. The van der Waals surface area contributed by atoms with Crippen LogP contribution >= 0.6 is 0 Å². The maximum Gasteiger partial charge on any atom is 0.367 e. The topological polar surface area (TPSA) is 81.6 Å². The Kier molecular flexibility index (Phi) is 7.16. The zero-order valence-electron chi connectivity index (χ0n) is 14.9. The van der Waals surface area contributed by atoms with E-state index >= 15 is 0 Å². The fourth-order valence-electron chi connectivity index (χ4n) is 2.47. The van der Waals surface area contributed by atoms with Gasteiger partial charge in [0.15, 0.2) is 6.10 Å². The van der Waals surface area contributed by atoms with Crippen LogP contribution in [-0.2, 0) is 19.0 Å². The van der Waals surface area contributed by atoms with Crippen LogP contribution in [0.25, 0.3) is 0 Å². The SMILES string of the molecule is CC(C)CO[C@H]1[C@H](C)OC(=O)[C@@H]([NH3+])COC[C@@H]1Oc1ccc(F)cc1. The van der Waals surface area contributed by atoms with E-state index in [9.17, 15) is 9.18 Å². The number of benzene rings is 1. The molecule has 0 spiro atoms. The van der Waals surface area contributed by atoms with E-state index in [-0.39, 0.29) is 19.0 Å². The van der Waals surface area contributed by atoms with Crippen LogP contribution in [0.15, 0.2) is 24.3 Å². The van der Waals surface area contributed by atoms with Crippen LogP contribution in [0, 0.1) is 11.7 Å². The number of esters is 1. The monoisotopic (exact) mass is 356 g/mol. The van der Waals surface area contributed by atoms with Gasteiger partial charge in [0.2, 0.25) is 6.04 Å². The largest absolute Gasteiger partial charge is 0.485 e. The first-order chi connectivity index (χ1) is 11.9. The van der Waals surface area contributed by atoms with E-state index in [2.05, 4.69) is 5.73 Å². The Bertz CT molecular complexity index is 551. The summed E-state index contributed by atoms with van der Waals surface area (Å²) in [4.78, 5) is 12.0. The van der Waals surface area contributed by atoms with Crippen molar-refractivity contribution in [3.8, 4) is 5.75 Å². The molecule has 1 fully saturated rings. The molecule has 0 saturated carbocycles. The lowest BCUT2D eigenvalue weighted by atomic mass is 10.1. The minimum atomic E-state index is -0.599. The number of hydrogen-bond donors (Lipinski definition) is 1. The summed E-state index contributed by atoms with van der Waals surface area (Å²) >= 11 is 0. The third kappa shape index (κ3) is 5.95.